The van der Waals surface area contributed by atoms with Crippen molar-refractivity contribution < 1.29 is 22.7 Å². The summed E-state index contributed by atoms with van der Waals surface area (Å²) in [5.74, 6) is 0.126. The Hall–Kier alpha value is -2.54. The number of rotatable bonds is 6. The lowest BCUT2D eigenvalue weighted by atomic mass is 10.0. The standard InChI is InChI=1S/C20H23F3N2O2/c1-12-9-10-18(27-4)15(11-12)13(2)24-14(3)19(26)25-17-8-6-5-7-16(17)20(21,22)23/h5-11,13-14,24H,1-4H3,(H,25,26). The molecule has 0 radical (unpaired) electrons. The maximum atomic E-state index is 13.1. The Balaban J connectivity index is 2.12. The number of halogens is 3. The zero-order chi connectivity index (χ0) is 20.2. The first-order chi connectivity index (χ1) is 12.6. The molecule has 2 unspecified atom stereocenters. The van der Waals surface area contributed by atoms with E-state index in [1.165, 1.54) is 18.2 Å². The number of benzene rings is 2. The van der Waals surface area contributed by atoms with E-state index in [-0.39, 0.29) is 11.7 Å². The number of methoxy groups -OCH3 is 1. The highest BCUT2D eigenvalue weighted by Gasteiger charge is 2.34. The van der Waals surface area contributed by atoms with Gasteiger partial charge in [0.05, 0.1) is 24.4 Å². The van der Waals surface area contributed by atoms with Gasteiger partial charge in [-0.1, -0.05) is 29.8 Å². The van der Waals surface area contributed by atoms with E-state index in [1.54, 1.807) is 14.0 Å². The van der Waals surface area contributed by atoms with Gasteiger partial charge in [-0.05, 0) is 39.0 Å². The zero-order valence-corrected chi connectivity index (χ0v) is 15.6. The number of ether oxygens (including phenoxy) is 1. The number of carbonyl (C=O) groups excluding carboxylic acids is 1. The molecule has 0 aromatic heterocycles. The molecule has 27 heavy (non-hydrogen) atoms. The first kappa shape index (κ1) is 20.8. The summed E-state index contributed by atoms with van der Waals surface area (Å²) >= 11 is 0. The molecule has 4 nitrogen and oxygen atoms in total. The van der Waals surface area contributed by atoms with Crippen LogP contribution < -0.4 is 15.4 Å². The van der Waals surface area contributed by atoms with Crippen LogP contribution in [0.1, 0.15) is 36.6 Å². The Labute approximate surface area is 156 Å². The highest BCUT2D eigenvalue weighted by atomic mass is 19.4. The van der Waals surface area contributed by atoms with Crippen LogP contribution in [0.3, 0.4) is 0 Å². The minimum absolute atomic E-state index is 0.238. The van der Waals surface area contributed by atoms with Crippen LogP contribution in [0.2, 0.25) is 0 Å². The topological polar surface area (TPSA) is 50.4 Å². The van der Waals surface area contributed by atoms with Crippen LogP contribution in [0.5, 0.6) is 5.75 Å². The average Bonchev–Trinajstić information content (AvgIpc) is 2.61. The lowest BCUT2D eigenvalue weighted by Crippen LogP contribution is -2.39. The van der Waals surface area contributed by atoms with Gasteiger partial charge < -0.3 is 10.1 Å². The van der Waals surface area contributed by atoms with Crippen LogP contribution in [0.25, 0.3) is 0 Å². The Morgan fingerprint density at radius 1 is 1.11 bits per heavy atom. The molecule has 2 aromatic carbocycles. The summed E-state index contributed by atoms with van der Waals surface area (Å²) in [6, 6.07) is 9.65. The van der Waals surface area contributed by atoms with E-state index in [1.807, 2.05) is 32.0 Å². The number of para-hydroxylation sites is 1. The molecule has 2 aromatic rings. The molecule has 0 spiro atoms. The van der Waals surface area contributed by atoms with Gasteiger partial charge in [-0.25, -0.2) is 0 Å². The fourth-order valence-electron chi connectivity index (χ4n) is 2.81. The molecule has 0 aliphatic rings. The first-order valence-corrected chi connectivity index (χ1v) is 8.51. The molecule has 0 bridgehead atoms. The van der Waals surface area contributed by atoms with Crippen molar-refractivity contribution in [2.24, 2.45) is 0 Å². The summed E-state index contributed by atoms with van der Waals surface area (Å²) in [4.78, 5) is 12.4. The minimum Gasteiger partial charge on any atom is -0.496 e. The third-order valence-corrected chi connectivity index (χ3v) is 4.24. The van der Waals surface area contributed by atoms with Gasteiger partial charge in [-0.15, -0.1) is 0 Å². The summed E-state index contributed by atoms with van der Waals surface area (Å²) in [5, 5.41) is 5.46. The highest BCUT2D eigenvalue weighted by Crippen LogP contribution is 2.34. The molecule has 7 heteroatoms. The van der Waals surface area contributed by atoms with Crippen LogP contribution in [-0.4, -0.2) is 19.1 Å². The number of amides is 1. The van der Waals surface area contributed by atoms with Crippen molar-refractivity contribution in [3.05, 3.63) is 59.2 Å². The summed E-state index contributed by atoms with van der Waals surface area (Å²) in [6.45, 7) is 5.41. The number of nitrogens with one attached hydrogen (secondary N) is 2. The van der Waals surface area contributed by atoms with Crippen molar-refractivity contribution in [3.8, 4) is 5.75 Å². The van der Waals surface area contributed by atoms with Crippen molar-refractivity contribution in [2.45, 2.75) is 39.0 Å². The second-order valence-corrected chi connectivity index (χ2v) is 6.39. The zero-order valence-electron chi connectivity index (χ0n) is 15.6. The van der Waals surface area contributed by atoms with Gasteiger partial charge in [-0.3, -0.25) is 10.1 Å². The van der Waals surface area contributed by atoms with E-state index in [2.05, 4.69) is 10.6 Å². The number of hydrogen-bond acceptors (Lipinski definition) is 3. The van der Waals surface area contributed by atoms with E-state index in [0.29, 0.717) is 5.75 Å². The Morgan fingerprint density at radius 3 is 2.41 bits per heavy atom. The summed E-state index contributed by atoms with van der Waals surface area (Å²) in [6.07, 6.45) is -4.54. The molecular formula is C20H23F3N2O2. The molecule has 2 N–H and O–H groups in total. The quantitative estimate of drug-likeness (QED) is 0.764. The van der Waals surface area contributed by atoms with Gasteiger partial charge in [0, 0.05) is 11.6 Å². The number of carbonyl (C=O) groups is 1. The van der Waals surface area contributed by atoms with Gasteiger partial charge in [0.15, 0.2) is 0 Å². The molecule has 0 aliphatic heterocycles. The fraction of sp³-hybridized carbons (Fsp3) is 0.350. The molecule has 0 saturated carbocycles. The van der Waals surface area contributed by atoms with Crippen LogP contribution in [0, 0.1) is 6.92 Å². The van der Waals surface area contributed by atoms with Crippen LogP contribution >= 0.6 is 0 Å². The number of aryl methyl sites for hydroxylation is 1. The van der Waals surface area contributed by atoms with Crippen molar-refractivity contribution >= 4 is 11.6 Å². The molecule has 0 aliphatic carbocycles. The molecule has 0 heterocycles. The smallest absolute Gasteiger partial charge is 0.418 e. The maximum Gasteiger partial charge on any atom is 0.418 e. The molecule has 1 amide bonds. The van der Waals surface area contributed by atoms with Gasteiger partial charge in [0.1, 0.15) is 5.75 Å². The third kappa shape index (κ3) is 5.23. The lowest BCUT2D eigenvalue weighted by molar-refractivity contribution is -0.137. The third-order valence-electron chi connectivity index (χ3n) is 4.24. The fourth-order valence-corrected chi connectivity index (χ4v) is 2.81. The summed E-state index contributed by atoms with van der Waals surface area (Å²) in [7, 11) is 1.56. The molecule has 2 atom stereocenters. The van der Waals surface area contributed by atoms with Crippen molar-refractivity contribution in [1.82, 2.24) is 5.32 Å². The van der Waals surface area contributed by atoms with E-state index in [0.717, 1.165) is 17.2 Å². The highest BCUT2D eigenvalue weighted by molar-refractivity contribution is 5.95. The molecule has 0 fully saturated rings. The van der Waals surface area contributed by atoms with E-state index >= 15 is 0 Å². The monoisotopic (exact) mass is 380 g/mol. The second kappa shape index (κ2) is 8.43. The summed E-state index contributed by atoms with van der Waals surface area (Å²) in [5.41, 5.74) is 0.770. The Bertz CT molecular complexity index is 806. The first-order valence-electron chi connectivity index (χ1n) is 8.51. The van der Waals surface area contributed by atoms with E-state index in [4.69, 9.17) is 4.74 Å². The minimum atomic E-state index is -4.54. The average molecular weight is 380 g/mol. The molecular weight excluding hydrogens is 357 g/mol. The SMILES string of the molecule is COc1ccc(C)cc1C(C)NC(C)C(=O)Nc1ccccc1C(F)(F)F. The molecule has 146 valence electrons. The van der Waals surface area contributed by atoms with Gasteiger partial charge >= 0.3 is 6.18 Å². The Morgan fingerprint density at radius 2 is 1.78 bits per heavy atom. The molecule has 2 rings (SSSR count). The number of alkyl halides is 3. The predicted octanol–water partition coefficient (Wildman–Crippen LogP) is 4.70. The van der Waals surface area contributed by atoms with Crippen molar-refractivity contribution in [3.63, 3.8) is 0 Å². The van der Waals surface area contributed by atoms with Gasteiger partial charge in [-0.2, -0.15) is 13.2 Å². The van der Waals surface area contributed by atoms with Crippen LogP contribution in [0.4, 0.5) is 18.9 Å². The summed E-state index contributed by atoms with van der Waals surface area (Å²) < 4.78 is 44.6. The Kier molecular flexibility index (Phi) is 6.49. The second-order valence-electron chi connectivity index (χ2n) is 6.39. The number of hydrogen-bond donors (Lipinski definition) is 2. The van der Waals surface area contributed by atoms with E-state index in [9.17, 15) is 18.0 Å². The lowest BCUT2D eigenvalue weighted by Gasteiger charge is -2.22. The normalized spacial score (nSPS) is 13.7. The number of anilines is 1. The van der Waals surface area contributed by atoms with Crippen LogP contribution in [0.15, 0.2) is 42.5 Å². The van der Waals surface area contributed by atoms with Gasteiger partial charge in [0.25, 0.3) is 0 Å². The van der Waals surface area contributed by atoms with Crippen molar-refractivity contribution in [1.29, 1.82) is 0 Å². The predicted molar refractivity (Wildman–Crippen MR) is 98.8 cm³/mol. The van der Waals surface area contributed by atoms with Crippen molar-refractivity contribution in [2.75, 3.05) is 12.4 Å². The largest absolute Gasteiger partial charge is 0.496 e. The maximum absolute atomic E-state index is 13.1. The molecule has 0 saturated heterocycles. The van der Waals surface area contributed by atoms with E-state index < -0.39 is 23.7 Å². The van der Waals surface area contributed by atoms with Crippen LogP contribution in [-0.2, 0) is 11.0 Å². The van der Waals surface area contributed by atoms with Gasteiger partial charge in [0.2, 0.25) is 5.91 Å².